The Kier molecular flexibility index (Phi) is 2.88. The monoisotopic (exact) mass is 267 g/mol. The third-order valence-electron chi connectivity index (χ3n) is 2.10. The van der Waals surface area contributed by atoms with Crippen molar-refractivity contribution < 1.29 is 8.42 Å². The predicted octanol–water partition coefficient (Wildman–Crippen LogP) is 1.67. The molecule has 2 aromatic rings. The Hall–Kier alpha value is -1.84. The van der Waals surface area contributed by atoms with Crippen LogP contribution in [0.2, 0.25) is 0 Å². The van der Waals surface area contributed by atoms with Crippen LogP contribution in [0.15, 0.2) is 41.8 Å². The van der Waals surface area contributed by atoms with Gasteiger partial charge in [0.05, 0.1) is 11.6 Å². The lowest BCUT2D eigenvalue weighted by molar-refractivity contribution is 0.606. The number of aromatic nitrogens is 2. The van der Waals surface area contributed by atoms with E-state index in [1.165, 1.54) is 17.1 Å². The molecule has 17 heavy (non-hydrogen) atoms. The van der Waals surface area contributed by atoms with E-state index in [0.717, 1.165) is 0 Å². The molecule has 0 aliphatic rings. The second kappa shape index (κ2) is 4.20. The van der Waals surface area contributed by atoms with Gasteiger partial charge in [-0.1, -0.05) is 0 Å². The highest BCUT2D eigenvalue weighted by Gasteiger charge is 2.13. The van der Waals surface area contributed by atoms with Crippen LogP contribution in [-0.4, -0.2) is 18.0 Å². The van der Waals surface area contributed by atoms with E-state index in [4.69, 9.17) is 15.9 Å². The van der Waals surface area contributed by atoms with Gasteiger partial charge in [0.15, 0.2) is 5.03 Å². The summed E-state index contributed by atoms with van der Waals surface area (Å²) in [5.41, 5.74) is 1.22. The minimum atomic E-state index is -3.81. The van der Waals surface area contributed by atoms with E-state index < -0.39 is 9.05 Å². The molecule has 1 heterocycles. The molecule has 0 radical (unpaired) electrons. The van der Waals surface area contributed by atoms with E-state index in [0.29, 0.717) is 11.3 Å². The van der Waals surface area contributed by atoms with Gasteiger partial charge in [0.25, 0.3) is 9.05 Å². The summed E-state index contributed by atoms with van der Waals surface area (Å²) < 4.78 is 23.6. The molecule has 0 aliphatic heterocycles. The van der Waals surface area contributed by atoms with E-state index in [2.05, 4.69) is 4.98 Å². The molecule has 0 spiro atoms. The van der Waals surface area contributed by atoms with Gasteiger partial charge in [-0.2, -0.15) is 5.26 Å². The minimum absolute atomic E-state index is 0.205. The van der Waals surface area contributed by atoms with Crippen LogP contribution in [0.4, 0.5) is 0 Å². The summed E-state index contributed by atoms with van der Waals surface area (Å²) in [6.07, 6.45) is 2.65. The smallest absolute Gasteiger partial charge is 0.280 e. The van der Waals surface area contributed by atoms with Crippen LogP contribution in [0.1, 0.15) is 5.56 Å². The molecule has 1 aromatic heterocycles. The molecule has 0 amide bonds. The average molecular weight is 268 g/mol. The Balaban J connectivity index is 2.41. The number of imidazole rings is 1. The number of hydrogen-bond acceptors (Lipinski definition) is 4. The van der Waals surface area contributed by atoms with Crippen molar-refractivity contribution in [2.24, 2.45) is 0 Å². The van der Waals surface area contributed by atoms with Crippen LogP contribution in [-0.2, 0) is 9.05 Å². The second-order valence-electron chi connectivity index (χ2n) is 3.22. The summed E-state index contributed by atoms with van der Waals surface area (Å²) in [6, 6.07) is 8.62. The van der Waals surface area contributed by atoms with Crippen molar-refractivity contribution in [2.75, 3.05) is 0 Å². The zero-order chi connectivity index (χ0) is 12.5. The lowest BCUT2D eigenvalue weighted by Gasteiger charge is -2.00. The summed E-state index contributed by atoms with van der Waals surface area (Å²) in [5.74, 6) is 0. The van der Waals surface area contributed by atoms with Crippen molar-refractivity contribution in [3.8, 4) is 11.8 Å². The molecular weight excluding hydrogens is 262 g/mol. The first-order valence-corrected chi connectivity index (χ1v) is 6.81. The van der Waals surface area contributed by atoms with E-state index in [1.54, 1.807) is 24.3 Å². The molecule has 0 unspecified atom stereocenters. The maximum atomic E-state index is 11.0. The highest BCUT2D eigenvalue weighted by molar-refractivity contribution is 8.13. The van der Waals surface area contributed by atoms with Crippen LogP contribution in [0.3, 0.4) is 0 Å². The first-order valence-electron chi connectivity index (χ1n) is 4.50. The zero-order valence-electron chi connectivity index (χ0n) is 8.41. The van der Waals surface area contributed by atoms with Crippen LogP contribution < -0.4 is 0 Å². The Morgan fingerprint density at radius 2 is 1.94 bits per heavy atom. The maximum absolute atomic E-state index is 11.0. The average Bonchev–Trinajstić information content (AvgIpc) is 2.78. The summed E-state index contributed by atoms with van der Waals surface area (Å²) in [4.78, 5) is 3.68. The third-order valence-corrected chi connectivity index (χ3v) is 3.29. The van der Waals surface area contributed by atoms with Crippen molar-refractivity contribution in [3.63, 3.8) is 0 Å². The predicted molar refractivity (Wildman–Crippen MR) is 61.3 cm³/mol. The van der Waals surface area contributed by atoms with Crippen LogP contribution in [0.25, 0.3) is 5.69 Å². The summed E-state index contributed by atoms with van der Waals surface area (Å²) in [5, 5.41) is 8.44. The summed E-state index contributed by atoms with van der Waals surface area (Å²) >= 11 is 0. The van der Waals surface area contributed by atoms with Gasteiger partial charge in [-0.05, 0) is 24.3 Å². The zero-order valence-corrected chi connectivity index (χ0v) is 9.98. The molecule has 0 saturated carbocycles. The van der Waals surface area contributed by atoms with E-state index in [-0.39, 0.29) is 5.03 Å². The number of halogens is 1. The maximum Gasteiger partial charge on any atom is 0.280 e. The van der Waals surface area contributed by atoms with E-state index >= 15 is 0 Å². The normalized spacial score (nSPS) is 11.1. The molecule has 0 saturated heterocycles. The number of nitrogens with zero attached hydrogens (tertiary/aromatic N) is 3. The minimum Gasteiger partial charge on any atom is -0.305 e. The third kappa shape index (κ3) is 2.46. The Morgan fingerprint density at radius 3 is 2.41 bits per heavy atom. The highest BCUT2D eigenvalue weighted by Crippen LogP contribution is 2.15. The molecule has 5 nitrogen and oxygen atoms in total. The van der Waals surface area contributed by atoms with E-state index in [1.807, 2.05) is 6.07 Å². The number of rotatable bonds is 2. The topological polar surface area (TPSA) is 75.8 Å². The molecule has 0 N–H and O–H groups in total. The number of hydrogen-bond donors (Lipinski definition) is 0. The van der Waals surface area contributed by atoms with Gasteiger partial charge < -0.3 is 4.57 Å². The van der Waals surface area contributed by atoms with E-state index in [9.17, 15) is 8.42 Å². The SMILES string of the molecule is N#Cc1ccc(-n2cnc(S(=O)(=O)Cl)c2)cc1. The van der Waals surface area contributed by atoms with Crippen LogP contribution in [0, 0.1) is 11.3 Å². The van der Waals surface area contributed by atoms with Crippen molar-refractivity contribution in [1.29, 1.82) is 5.26 Å². The fourth-order valence-electron chi connectivity index (χ4n) is 1.28. The molecule has 0 bridgehead atoms. The first kappa shape index (κ1) is 11.6. The molecule has 1 aromatic carbocycles. The van der Waals surface area contributed by atoms with Gasteiger partial charge in [-0.25, -0.2) is 13.4 Å². The quantitative estimate of drug-likeness (QED) is 0.776. The number of benzene rings is 1. The lowest BCUT2D eigenvalue weighted by atomic mass is 10.2. The summed E-state index contributed by atoms with van der Waals surface area (Å²) in [6.45, 7) is 0. The van der Waals surface area contributed by atoms with Gasteiger partial charge >= 0.3 is 0 Å². The molecule has 2 rings (SSSR count). The fraction of sp³-hybridized carbons (Fsp3) is 0. The van der Waals surface area contributed by atoms with Gasteiger partial charge in [0.2, 0.25) is 0 Å². The van der Waals surface area contributed by atoms with Crippen molar-refractivity contribution in [2.45, 2.75) is 5.03 Å². The van der Waals surface area contributed by atoms with Gasteiger partial charge in [0.1, 0.15) is 6.33 Å². The molecule has 0 aliphatic carbocycles. The van der Waals surface area contributed by atoms with Gasteiger partial charge in [-0.15, -0.1) is 0 Å². The highest BCUT2D eigenvalue weighted by atomic mass is 35.7. The van der Waals surface area contributed by atoms with Crippen molar-refractivity contribution in [1.82, 2.24) is 9.55 Å². The van der Waals surface area contributed by atoms with Crippen LogP contribution >= 0.6 is 10.7 Å². The van der Waals surface area contributed by atoms with Crippen LogP contribution in [0.5, 0.6) is 0 Å². The number of nitriles is 1. The first-order chi connectivity index (χ1) is 8.00. The molecule has 86 valence electrons. The Labute approximate surface area is 102 Å². The molecular formula is C10H6ClN3O2S. The Bertz CT molecular complexity index is 683. The molecule has 0 atom stereocenters. The largest absolute Gasteiger partial charge is 0.305 e. The summed E-state index contributed by atoms with van der Waals surface area (Å²) in [7, 11) is 1.35. The second-order valence-corrected chi connectivity index (χ2v) is 5.73. The lowest BCUT2D eigenvalue weighted by Crippen LogP contribution is -1.91. The standard InChI is InChI=1S/C10H6ClN3O2S/c11-17(15,16)10-6-14(7-13-10)9-3-1-8(5-12)2-4-9/h1-4,6-7H. The molecule has 7 heteroatoms. The van der Waals surface area contributed by atoms with Gasteiger partial charge in [-0.3, -0.25) is 0 Å². The fourth-order valence-corrected chi connectivity index (χ4v) is 1.93. The van der Waals surface area contributed by atoms with Crippen molar-refractivity contribution in [3.05, 3.63) is 42.4 Å². The van der Waals surface area contributed by atoms with Gasteiger partial charge in [0, 0.05) is 22.6 Å². The van der Waals surface area contributed by atoms with Crippen molar-refractivity contribution >= 4 is 19.7 Å². The Morgan fingerprint density at radius 1 is 1.29 bits per heavy atom. The molecule has 0 fully saturated rings.